The molecule has 0 aliphatic carbocycles. The fourth-order valence-corrected chi connectivity index (χ4v) is 4.78. The molecular weight excluding hydrogens is 454 g/mol. The molecule has 2 aliphatic rings. The summed E-state index contributed by atoms with van der Waals surface area (Å²) >= 11 is 0. The van der Waals surface area contributed by atoms with Crippen molar-refractivity contribution in [1.29, 1.82) is 0 Å². The number of benzene rings is 2. The highest BCUT2D eigenvalue weighted by Crippen LogP contribution is 2.33. The number of nitrogens with zero attached hydrogens (tertiary/aromatic N) is 4. The van der Waals surface area contributed by atoms with Crippen LogP contribution in [0.5, 0.6) is 5.75 Å². The zero-order valence-corrected chi connectivity index (χ0v) is 22.6. The van der Waals surface area contributed by atoms with E-state index >= 15 is 0 Å². The van der Waals surface area contributed by atoms with E-state index in [1.165, 1.54) is 16.8 Å². The maximum atomic E-state index is 12.4. The number of aryl methyl sites for hydroxylation is 1. The van der Waals surface area contributed by atoms with Crippen LogP contribution in [0.1, 0.15) is 31.9 Å². The van der Waals surface area contributed by atoms with Crippen molar-refractivity contribution >= 4 is 23.2 Å². The first-order chi connectivity index (χ1) is 17.1. The van der Waals surface area contributed by atoms with Gasteiger partial charge in [-0.15, -0.1) is 0 Å². The van der Waals surface area contributed by atoms with Crippen molar-refractivity contribution in [2.45, 2.75) is 40.2 Å². The summed E-state index contributed by atoms with van der Waals surface area (Å²) < 4.78 is 11.2. The van der Waals surface area contributed by atoms with Crippen molar-refractivity contribution in [1.82, 2.24) is 9.91 Å². The van der Waals surface area contributed by atoms with Crippen molar-refractivity contribution in [3.8, 4) is 5.75 Å². The Labute approximate surface area is 215 Å². The maximum Gasteiger partial charge on any atom is 0.410 e. The summed E-state index contributed by atoms with van der Waals surface area (Å²) in [4.78, 5) is 19.0. The number of anilines is 3. The molecule has 0 bridgehead atoms. The molecule has 4 rings (SSSR count). The highest BCUT2D eigenvalue weighted by molar-refractivity contribution is 5.70. The minimum absolute atomic E-state index is 0.246. The molecule has 8 heteroatoms. The molecule has 1 N–H and O–H groups in total. The third kappa shape index (κ3) is 6.16. The van der Waals surface area contributed by atoms with Gasteiger partial charge in [-0.1, -0.05) is 12.1 Å². The standard InChI is InChI=1S/C28H41N5O3/c1-21-8-7-9-24(22(21)2)30-16-18-33(19-17-30)29-23-10-11-26(35-6)25(20-23)31-12-14-32(15-13-31)27(34)36-28(3,4)5/h7-11,20,29H,12-19H2,1-6H3. The minimum Gasteiger partial charge on any atom is -0.495 e. The van der Waals surface area contributed by atoms with Gasteiger partial charge in [0.25, 0.3) is 0 Å². The van der Waals surface area contributed by atoms with E-state index in [1.807, 2.05) is 26.8 Å². The number of ether oxygens (including phenoxy) is 2. The van der Waals surface area contributed by atoms with Gasteiger partial charge in [-0.3, -0.25) is 0 Å². The van der Waals surface area contributed by atoms with E-state index in [0.717, 1.165) is 56.4 Å². The van der Waals surface area contributed by atoms with E-state index in [2.05, 4.69) is 64.4 Å². The number of hydrogen-bond acceptors (Lipinski definition) is 7. The lowest BCUT2D eigenvalue weighted by Crippen LogP contribution is -2.50. The molecule has 1 amide bonds. The molecule has 0 unspecified atom stereocenters. The third-order valence-corrected chi connectivity index (χ3v) is 6.93. The largest absolute Gasteiger partial charge is 0.495 e. The van der Waals surface area contributed by atoms with Gasteiger partial charge in [0.1, 0.15) is 11.4 Å². The van der Waals surface area contributed by atoms with E-state index in [0.29, 0.717) is 13.1 Å². The highest BCUT2D eigenvalue weighted by atomic mass is 16.6. The van der Waals surface area contributed by atoms with E-state index in [9.17, 15) is 4.79 Å². The molecule has 196 valence electrons. The van der Waals surface area contributed by atoms with E-state index in [-0.39, 0.29) is 6.09 Å². The number of carbonyl (C=O) groups excluding carboxylic acids is 1. The number of carbonyl (C=O) groups is 1. The third-order valence-electron chi connectivity index (χ3n) is 6.93. The number of piperazine rings is 2. The molecule has 2 aromatic rings. The van der Waals surface area contributed by atoms with Crippen LogP contribution in [-0.4, -0.2) is 81.1 Å². The van der Waals surface area contributed by atoms with Crippen LogP contribution in [0.2, 0.25) is 0 Å². The molecule has 36 heavy (non-hydrogen) atoms. The summed E-state index contributed by atoms with van der Waals surface area (Å²) in [6.07, 6.45) is -0.246. The molecule has 0 aromatic heterocycles. The lowest BCUT2D eigenvalue weighted by molar-refractivity contribution is 0.0240. The Balaban J connectivity index is 1.36. The average Bonchev–Trinajstić information content (AvgIpc) is 2.85. The Morgan fingerprint density at radius 2 is 1.50 bits per heavy atom. The second kappa shape index (κ2) is 10.9. The minimum atomic E-state index is -0.484. The monoisotopic (exact) mass is 495 g/mol. The molecule has 2 heterocycles. The predicted octanol–water partition coefficient (Wildman–Crippen LogP) is 4.52. The van der Waals surface area contributed by atoms with Gasteiger partial charge in [0.15, 0.2) is 0 Å². The van der Waals surface area contributed by atoms with Gasteiger partial charge in [0, 0.05) is 58.0 Å². The van der Waals surface area contributed by atoms with Crippen LogP contribution in [0.3, 0.4) is 0 Å². The average molecular weight is 496 g/mol. The van der Waals surface area contributed by atoms with Gasteiger partial charge in [-0.25, -0.2) is 9.80 Å². The van der Waals surface area contributed by atoms with Crippen molar-refractivity contribution in [3.05, 3.63) is 47.5 Å². The van der Waals surface area contributed by atoms with Crippen LogP contribution in [-0.2, 0) is 4.74 Å². The van der Waals surface area contributed by atoms with E-state index in [1.54, 1.807) is 12.0 Å². The fraction of sp³-hybridized carbons (Fsp3) is 0.536. The Morgan fingerprint density at radius 1 is 0.861 bits per heavy atom. The second-order valence-corrected chi connectivity index (χ2v) is 10.6. The number of nitrogens with one attached hydrogen (secondary N) is 1. The van der Waals surface area contributed by atoms with Crippen LogP contribution in [0.4, 0.5) is 21.9 Å². The highest BCUT2D eigenvalue weighted by Gasteiger charge is 2.27. The molecule has 8 nitrogen and oxygen atoms in total. The lowest BCUT2D eigenvalue weighted by Gasteiger charge is -2.38. The van der Waals surface area contributed by atoms with Crippen molar-refractivity contribution in [2.75, 3.05) is 74.7 Å². The Bertz CT molecular complexity index is 1050. The smallest absolute Gasteiger partial charge is 0.410 e. The van der Waals surface area contributed by atoms with Crippen LogP contribution in [0, 0.1) is 13.8 Å². The molecule has 0 radical (unpaired) electrons. The Hall–Kier alpha value is -3.13. The number of methoxy groups -OCH3 is 1. The summed E-state index contributed by atoms with van der Waals surface area (Å²) in [5, 5.41) is 2.29. The second-order valence-electron chi connectivity index (χ2n) is 10.6. The molecular formula is C28H41N5O3. The van der Waals surface area contributed by atoms with Crippen LogP contribution in [0.15, 0.2) is 36.4 Å². The van der Waals surface area contributed by atoms with Crippen LogP contribution >= 0.6 is 0 Å². The van der Waals surface area contributed by atoms with Crippen LogP contribution in [0.25, 0.3) is 0 Å². The summed E-state index contributed by atoms with van der Waals surface area (Å²) in [6, 6.07) is 12.8. The van der Waals surface area contributed by atoms with E-state index < -0.39 is 5.60 Å². The van der Waals surface area contributed by atoms with Crippen molar-refractivity contribution in [3.63, 3.8) is 0 Å². The first-order valence-corrected chi connectivity index (χ1v) is 12.9. The number of hydrazine groups is 1. The van der Waals surface area contributed by atoms with Gasteiger partial charge < -0.3 is 29.6 Å². The molecule has 0 atom stereocenters. The Morgan fingerprint density at radius 3 is 2.14 bits per heavy atom. The summed E-state index contributed by atoms with van der Waals surface area (Å²) in [7, 11) is 1.70. The summed E-state index contributed by atoms with van der Waals surface area (Å²) in [5.74, 6) is 0.839. The number of hydrogen-bond donors (Lipinski definition) is 1. The van der Waals surface area contributed by atoms with Gasteiger partial charge in [-0.2, -0.15) is 0 Å². The first-order valence-electron chi connectivity index (χ1n) is 12.9. The van der Waals surface area contributed by atoms with Gasteiger partial charge >= 0.3 is 6.09 Å². The molecule has 2 aliphatic heterocycles. The number of rotatable bonds is 5. The maximum absolute atomic E-state index is 12.4. The molecule has 2 aromatic carbocycles. The molecule has 2 fully saturated rings. The lowest BCUT2D eigenvalue weighted by atomic mass is 10.1. The van der Waals surface area contributed by atoms with Gasteiger partial charge in [0.2, 0.25) is 0 Å². The number of amides is 1. The Kier molecular flexibility index (Phi) is 7.83. The SMILES string of the molecule is COc1ccc(NN2CCN(c3cccc(C)c3C)CC2)cc1N1CCN(C(=O)OC(C)(C)C)CC1. The van der Waals surface area contributed by atoms with Crippen LogP contribution < -0.4 is 20.0 Å². The van der Waals surface area contributed by atoms with Crippen molar-refractivity contribution < 1.29 is 14.3 Å². The zero-order valence-electron chi connectivity index (χ0n) is 22.6. The normalized spacial score (nSPS) is 17.2. The molecule has 0 saturated carbocycles. The quantitative estimate of drug-likeness (QED) is 0.655. The van der Waals surface area contributed by atoms with Gasteiger partial charge in [0.05, 0.1) is 18.5 Å². The summed E-state index contributed by atoms with van der Waals surface area (Å²) in [6.45, 7) is 16.6. The zero-order chi connectivity index (χ0) is 25.9. The molecule has 2 saturated heterocycles. The van der Waals surface area contributed by atoms with Crippen molar-refractivity contribution in [2.24, 2.45) is 0 Å². The van der Waals surface area contributed by atoms with Gasteiger partial charge in [-0.05, 0) is 70.0 Å². The van der Waals surface area contributed by atoms with E-state index in [4.69, 9.17) is 9.47 Å². The summed E-state index contributed by atoms with van der Waals surface area (Å²) in [5.41, 5.74) is 9.25. The topological polar surface area (TPSA) is 60.5 Å². The molecule has 0 spiro atoms. The predicted molar refractivity (Wildman–Crippen MR) is 146 cm³/mol. The first kappa shape index (κ1) is 25.9. The fourth-order valence-electron chi connectivity index (χ4n) is 4.78.